The third kappa shape index (κ3) is 4.65. The Morgan fingerprint density at radius 3 is 2.68 bits per heavy atom. The molecule has 1 unspecified atom stereocenters. The van der Waals surface area contributed by atoms with E-state index in [0.29, 0.717) is 17.0 Å². The van der Waals surface area contributed by atoms with Gasteiger partial charge in [-0.05, 0) is 66.5 Å². The van der Waals surface area contributed by atoms with E-state index in [-0.39, 0.29) is 17.2 Å². The number of aromatic nitrogens is 2. The molecule has 4 rings (SSSR count). The van der Waals surface area contributed by atoms with Gasteiger partial charge in [-0.1, -0.05) is 5.16 Å². The predicted octanol–water partition coefficient (Wildman–Crippen LogP) is 5.33. The van der Waals surface area contributed by atoms with Crippen molar-refractivity contribution in [3.05, 3.63) is 57.9 Å². The fourth-order valence-electron chi connectivity index (χ4n) is 4.25. The maximum Gasteiger partial charge on any atom is 0.410 e. The van der Waals surface area contributed by atoms with Gasteiger partial charge in [-0.3, -0.25) is 15.3 Å². The van der Waals surface area contributed by atoms with Crippen molar-refractivity contribution in [3.8, 4) is 22.7 Å². The van der Waals surface area contributed by atoms with Crippen LogP contribution in [0.1, 0.15) is 25.0 Å². The summed E-state index contributed by atoms with van der Waals surface area (Å²) in [5.74, 6) is -1.25. The molecule has 1 aromatic carbocycles. The van der Waals surface area contributed by atoms with E-state index in [9.17, 15) is 18.5 Å². The van der Waals surface area contributed by atoms with Gasteiger partial charge in [0.05, 0.1) is 21.2 Å². The zero-order chi connectivity index (χ0) is 27.2. The van der Waals surface area contributed by atoms with E-state index in [1.54, 1.807) is 12.3 Å². The Bertz CT molecular complexity index is 1550. The number of amidine groups is 1. The number of amides is 1. The minimum absolute atomic E-state index is 0.208. The van der Waals surface area contributed by atoms with Gasteiger partial charge in [-0.25, -0.2) is 22.1 Å². The van der Waals surface area contributed by atoms with Gasteiger partial charge in [0, 0.05) is 34.9 Å². The first-order valence-corrected chi connectivity index (χ1v) is 13.5. The zero-order valence-electron chi connectivity index (χ0n) is 20.4. The number of benzene rings is 1. The average Bonchev–Trinajstić information content (AvgIpc) is 3.32. The summed E-state index contributed by atoms with van der Waals surface area (Å²) in [5.41, 5.74) is 0.0563. The van der Waals surface area contributed by atoms with Crippen LogP contribution in [0, 0.1) is 12.7 Å². The van der Waals surface area contributed by atoms with Crippen molar-refractivity contribution >= 4 is 37.6 Å². The number of hydrogen-bond donors (Lipinski definition) is 2. The molecule has 13 heteroatoms. The van der Waals surface area contributed by atoms with Crippen LogP contribution in [-0.4, -0.2) is 55.6 Å². The average molecular weight is 596 g/mol. The number of alkyl halides is 1. The third-order valence-corrected chi connectivity index (χ3v) is 10.1. The summed E-state index contributed by atoms with van der Waals surface area (Å²) in [6.45, 7) is 3.62. The molecule has 3 aromatic rings. The van der Waals surface area contributed by atoms with Crippen LogP contribution in [0.5, 0.6) is 0 Å². The number of carbonyl (C=O) groups is 1. The van der Waals surface area contributed by atoms with E-state index in [0.717, 1.165) is 16.1 Å². The van der Waals surface area contributed by atoms with Crippen LogP contribution in [0.25, 0.3) is 22.7 Å². The second-order valence-electron chi connectivity index (χ2n) is 9.12. The van der Waals surface area contributed by atoms with Gasteiger partial charge < -0.3 is 9.63 Å². The molecule has 2 N–H and O–H groups in total. The number of nitrogens with zero attached hydrogens (tertiary/aromatic N) is 4. The molecular weight excluding hydrogens is 572 g/mol. The summed E-state index contributed by atoms with van der Waals surface area (Å²) < 4.78 is 52.8. The number of hydrogen-bond acceptors (Lipinski definition) is 7. The molecule has 1 amide bonds. The van der Waals surface area contributed by atoms with Crippen LogP contribution < -0.4 is 5.32 Å². The Morgan fingerprint density at radius 2 is 2.05 bits per heavy atom. The Labute approximate surface area is 220 Å². The number of aryl methyl sites for hydroxylation is 1. The molecule has 0 bridgehead atoms. The number of pyridine rings is 1. The molecule has 0 aliphatic carbocycles. The van der Waals surface area contributed by atoms with Crippen molar-refractivity contribution < 1.29 is 27.4 Å². The Balaban J connectivity index is 1.86. The first-order chi connectivity index (χ1) is 17.4. The molecule has 1 aliphatic heterocycles. The van der Waals surface area contributed by atoms with E-state index in [2.05, 4.69) is 40.7 Å². The summed E-state index contributed by atoms with van der Waals surface area (Å²) in [6, 6.07) is 7.40. The van der Waals surface area contributed by atoms with Crippen molar-refractivity contribution in [2.24, 2.45) is 9.36 Å². The highest BCUT2D eigenvalue weighted by Crippen LogP contribution is 2.41. The van der Waals surface area contributed by atoms with Crippen molar-refractivity contribution in [1.29, 1.82) is 0 Å². The lowest BCUT2D eigenvalue weighted by atomic mass is 9.90. The normalized spacial score (nSPS) is 22.8. The minimum atomic E-state index is -3.29. The molecular formula is C24H24BrF2N5O4S. The summed E-state index contributed by atoms with van der Waals surface area (Å²) in [4.78, 5) is 20.1. The molecule has 2 aromatic heterocycles. The summed E-state index contributed by atoms with van der Waals surface area (Å²) >= 11 is 3.37. The Kier molecular flexibility index (Phi) is 6.97. The first kappa shape index (κ1) is 26.9. The molecule has 2 atom stereocenters. The zero-order valence-corrected chi connectivity index (χ0v) is 22.8. The van der Waals surface area contributed by atoms with Gasteiger partial charge in [-0.15, -0.1) is 0 Å². The highest BCUT2D eigenvalue weighted by atomic mass is 79.9. The van der Waals surface area contributed by atoms with Gasteiger partial charge >= 0.3 is 6.09 Å². The molecule has 0 saturated heterocycles. The number of nitrogens with one attached hydrogen (secondary N) is 1. The van der Waals surface area contributed by atoms with Crippen molar-refractivity contribution in [2.75, 3.05) is 19.5 Å². The Morgan fingerprint density at radius 1 is 1.32 bits per heavy atom. The molecule has 0 fully saturated rings. The van der Waals surface area contributed by atoms with Gasteiger partial charge in [0.15, 0.2) is 5.76 Å². The standard InChI is InChI=1S/C24H24BrF2N5O4S/c1-13-7-15(25)10-29-20(13)18-9-19(36-32-18)14-5-6-17(27)16(8-14)24(11-26)12-37(35,28-4)23(2,3)21(31-24)30-22(33)34/h5-10H,11-12H2,1-4H3,(H,30,31)(H,33,34)/t24-,37?/m0/s1. The second-order valence-corrected chi connectivity index (χ2v) is 13.0. The van der Waals surface area contributed by atoms with Crippen LogP contribution in [0.3, 0.4) is 0 Å². The minimum Gasteiger partial charge on any atom is -0.465 e. The Hall–Kier alpha value is -3.19. The molecule has 0 spiro atoms. The molecule has 196 valence electrons. The molecule has 9 nitrogen and oxygen atoms in total. The monoisotopic (exact) mass is 595 g/mol. The van der Waals surface area contributed by atoms with Crippen LogP contribution in [0.2, 0.25) is 0 Å². The van der Waals surface area contributed by atoms with Crippen LogP contribution in [0.4, 0.5) is 13.6 Å². The topological polar surface area (TPSA) is 130 Å². The lowest BCUT2D eigenvalue weighted by Gasteiger charge is -2.41. The quantitative estimate of drug-likeness (QED) is 0.419. The number of halogens is 3. The van der Waals surface area contributed by atoms with E-state index in [4.69, 9.17) is 4.52 Å². The molecule has 0 radical (unpaired) electrons. The lowest BCUT2D eigenvalue weighted by Crippen LogP contribution is -2.58. The second kappa shape index (κ2) is 9.60. The first-order valence-electron chi connectivity index (χ1n) is 11.0. The van der Waals surface area contributed by atoms with Crippen molar-refractivity contribution in [1.82, 2.24) is 15.5 Å². The van der Waals surface area contributed by atoms with E-state index in [1.807, 2.05) is 13.0 Å². The number of carboxylic acid groups (broad SMARTS) is 1. The lowest BCUT2D eigenvalue weighted by molar-refractivity contribution is 0.199. The molecule has 37 heavy (non-hydrogen) atoms. The SMILES string of the molecule is CN=S1(=O)C[C@@](CF)(c2cc(-c3cc(-c4ncc(Br)cc4C)no3)ccc2F)N=C(NC(=O)O)C1(C)C. The summed E-state index contributed by atoms with van der Waals surface area (Å²) in [6.07, 6.45) is 0.152. The van der Waals surface area contributed by atoms with Crippen molar-refractivity contribution in [2.45, 2.75) is 31.1 Å². The maximum atomic E-state index is 15.2. The number of aliphatic imine (C=N–C) groups is 1. The molecule has 1 aliphatic rings. The third-order valence-electron chi connectivity index (χ3n) is 6.42. The van der Waals surface area contributed by atoms with Gasteiger partial charge in [0.25, 0.3) is 0 Å². The predicted molar refractivity (Wildman–Crippen MR) is 139 cm³/mol. The molecule has 0 saturated carbocycles. The van der Waals surface area contributed by atoms with Crippen LogP contribution in [0.15, 0.2) is 54.9 Å². The van der Waals surface area contributed by atoms with Crippen molar-refractivity contribution in [3.63, 3.8) is 0 Å². The van der Waals surface area contributed by atoms with Gasteiger partial charge in [-0.2, -0.15) is 0 Å². The highest BCUT2D eigenvalue weighted by molar-refractivity contribution is 9.10. The summed E-state index contributed by atoms with van der Waals surface area (Å²) in [5, 5.41) is 15.5. The summed E-state index contributed by atoms with van der Waals surface area (Å²) in [7, 11) is -1.99. The van der Waals surface area contributed by atoms with E-state index < -0.39 is 44.4 Å². The van der Waals surface area contributed by atoms with Crippen LogP contribution >= 0.6 is 15.9 Å². The van der Waals surface area contributed by atoms with E-state index >= 15 is 4.39 Å². The maximum absolute atomic E-state index is 15.2. The smallest absolute Gasteiger partial charge is 0.410 e. The van der Waals surface area contributed by atoms with Gasteiger partial charge in [0.1, 0.15) is 34.3 Å². The highest BCUT2D eigenvalue weighted by Gasteiger charge is 2.51. The fourth-order valence-corrected chi connectivity index (χ4v) is 6.99. The fraction of sp³-hybridized carbons (Fsp3) is 0.333. The van der Waals surface area contributed by atoms with Gasteiger partial charge in [0.2, 0.25) is 0 Å². The van der Waals surface area contributed by atoms with Crippen LogP contribution in [-0.2, 0) is 15.3 Å². The van der Waals surface area contributed by atoms with E-state index in [1.165, 1.54) is 33.0 Å². The largest absolute Gasteiger partial charge is 0.465 e. The molecule has 3 heterocycles. The number of rotatable bonds is 4.